The molecule has 0 saturated carbocycles. The summed E-state index contributed by atoms with van der Waals surface area (Å²) < 4.78 is 10.8. The Labute approximate surface area is 175 Å². The van der Waals surface area contributed by atoms with Crippen LogP contribution in [0.25, 0.3) is 10.4 Å². The average molecular weight is 423 g/mol. The molecule has 0 saturated heterocycles. The van der Waals surface area contributed by atoms with E-state index in [1.54, 1.807) is 24.3 Å². The van der Waals surface area contributed by atoms with Gasteiger partial charge in [0.1, 0.15) is 16.5 Å². The van der Waals surface area contributed by atoms with Crippen LogP contribution in [-0.4, -0.2) is 30.9 Å². The van der Waals surface area contributed by atoms with Crippen LogP contribution in [0.15, 0.2) is 54.6 Å². The molecule has 0 aliphatic carbocycles. The number of nitrogens with one attached hydrogen (secondary N) is 2. The van der Waals surface area contributed by atoms with E-state index in [4.69, 9.17) is 15.2 Å². The van der Waals surface area contributed by atoms with Crippen LogP contribution in [0.3, 0.4) is 0 Å². The Balaban J connectivity index is 1.44. The van der Waals surface area contributed by atoms with Crippen LogP contribution in [0.2, 0.25) is 0 Å². The molecule has 2 heterocycles. The molecule has 0 atom stereocenters. The molecular formula is C21H17N3O5S. The van der Waals surface area contributed by atoms with Crippen LogP contribution in [-0.2, 0) is 9.59 Å². The van der Waals surface area contributed by atoms with Gasteiger partial charge >= 0.3 is 0 Å². The molecule has 4 N–H and O–H groups in total. The molecule has 2 aromatic carbocycles. The van der Waals surface area contributed by atoms with E-state index in [2.05, 4.69) is 10.6 Å². The Morgan fingerprint density at radius 1 is 1.17 bits per heavy atom. The number of amides is 3. The fourth-order valence-corrected chi connectivity index (χ4v) is 3.96. The normalized spacial score (nSPS) is 12.3. The van der Waals surface area contributed by atoms with Gasteiger partial charge in [0, 0.05) is 10.9 Å². The number of fused-ring (bicyclic) bond motifs is 1. The predicted octanol–water partition coefficient (Wildman–Crippen LogP) is 2.86. The molecule has 1 aromatic heterocycles. The van der Waals surface area contributed by atoms with Crippen molar-refractivity contribution in [3.63, 3.8) is 0 Å². The molecule has 0 unspecified atom stereocenters. The van der Waals surface area contributed by atoms with Crippen LogP contribution in [0.1, 0.15) is 10.4 Å². The fraction of sp³-hybridized carbons (Fsp3) is 0.0952. The molecule has 3 aromatic rings. The Morgan fingerprint density at radius 3 is 2.73 bits per heavy atom. The molecule has 152 valence electrons. The molecule has 1 aliphatic heterocycles. The monoisotopic (exact) mass is 423 g/mol. The van der Waals surface area contributed by atoms with Crippen molar-refractivity contribution >= 4 is 39.7 Å². The summed E-state index contributed by atoms with van der Waals surface area (Å²) in [6.07, 6.45) is 0. The Kier molecular flexibility index (Phi) is 5.36. The summed E-state index contributed by atoms with van der Waals surface area (Å²) in [6, 6.07) is 16.0. The van der Waals surface area contributed by atoms with Crippen molar-refractivity contribution in [2.75, 3.05) is 23.8 Å². The van der Waals surface area contributed by atoms with Gasteiger partial charge in [-0.25, -0.2) is 0 Å². The van der Waals surface area contributed by atoms with Crippen molar-refractivity contribution in [2.45, 2.75) is 0 Å². The molecule has 4 rings (SSSR count). The van der Waals surface area contributed by atoms with Crippen molar-refractivity contribution in [1.82, 2.24) is 0 Å². The van der Waals surface area contributed by atoms with E-state index in [0.717, 1.165) is 10.4 Å². The fourth-order valence-electron chi connectivity index (χ4n) is 2.88. The predicted molar refractivity (Wildman–Crippen MR) is 113 cm³/mol. The number of hydrogen-bond acceptors (Lipinski definition) is 6. The summed E-state index contributed by atoms with van der Waals surface area (Å²) in [6.45, 7) is -0.325. The zero-order valence-corrected chi connectivity index (χ0v) is 16.5. The van der Waals surface area contributed by atoms with Crippen LogP contribution in [0.4, 0.5) is 10.7 Å². The highest BCUT2D eigenvalue weighted by Crippen LogP contribution is 2.35. The summed E-state index contributed by atoms with van der Waals surface area (Å²) in [5, 5.41) is 5.71. The number of primary amides is 1. The standard InChI is InChI=1S/C21H17N3O5S/c22-20(27)14-9-17(12-4-2-1-3-5-12)30-21(14)24-19(26)10-28-13-6-7-16-15(8-13)23-18(25)11-29-16/h1-9H,10-11H2,(H2,22,27)(H,23,25)(H,24,26). The summed E-state index contributed by atoms with van der Waals surface area (Å²) in [5.41, 5.74) is 7.09. The second kappa shape index (κ2) is 8.26. The van der Waals surface area contributed by atoms with Crippen LogP contribution >= 0.6 is 11.3 Å². The van der Waals surface area contributed by atoms with E-state index < -0.39 is 11.8 Å². The SMILES string of the molecule is NC(=O)c1cc(-c2ccccc2)sc1NC(=O)COc1ccc2c(c1)NC(=O)CO2. The summed E-state index contributed by atoms with van der Waals surface area (Å²) in [7, 11) is 0. The highest BCUT2D eigenvalue weighted by Gasteiger charge is 2.19. The average Bonchev–Trinajstić information content (AvgIpc) is 3.16. The number of ether oxygens (including phenoxy) is 2. The summed E-state index contributed by atoms with van der Waals surface area (Å²) in [5.74, 6) is -0.416. The number of rotatable bonds is 6. The maximum atomic E-state index is 12.4. The van der Waals surface area contributed by atoms with E-state index in [9.17, 15) is 14.4 Å². The molecule has 30 heavy (non-hydrogen) atoms. The quantitative estimate of drug-likeness (QED) is 0.563. The molecule has 8 nitrogen and oxygen atoms in total. The summed E-state index contributed by atoms with van der Waals surface area (Å²) in [4.78, 5) is 36.4. The zero-order valence-electron chi connectivity index (χ0n) is 15.6. The first-order chi connectivity index (χ1) is 14.5. The van der Waals surface area contributed by atoms with Gasteiger partial charge in [-0.3, -0.25) is 14.4 Å². The second-order valence-corrected chi connectivity index (χ2v) is 7.47. The van der Waals surface area contributed by atoms with Crippen molar-refractivity contribution in [3.8, 4) is 21.9 Å². The van der Waals surface area contributed by atoms with Gasteiger partial charge in [0.05, 0.1) is 11.3 Å². The van der Waals surface area contributed by atoms with E-state index in [-0.39, 0.29) is 24.7 Å². The highest BCUT2D eigenvalue weighted by molar-refractivity contribution is 7.20. The topological polar surface area (TPSA) is 120 Å². The van der Waals surface area contributed by atoms with E-state index in [1.165, 1.54) is 11.3 Å². The smallest absolute Gasteiger partial charge is 0.262 e. The van der Waals surface area contributed by atoms with Crippen molar-refractivity contribution in [3.05, 3.63) is 60.2 Å². The minimum Gasteiger partial charge on any atom is -0.484 e. The number of benzene rings is 2. The van der Waals surface area contributed by atoms with E-state index in [1.807, 2.05) is 30.3 Å². The minimum absolute atomic E-state index is 0.0381. The lowest BCUT2D eigenvalue weighted by molar-refractivity contribution is -0.119. The van der Waals surface area contributed by atoms with Gasteiger partial charge in [-0.15, -0.1) is 11.3 Å². The van der Waals surface area contributed by atoms with Gasteiger partial charge in [0.25, 0.3) is 17.7 Å². The Hall–Kier alpha value is -3.85. The molecule has 0 radical (unpaired) electrons. The van der Waals surface area contributed by atoms with Crippen LogP contribution < -0.4 is 25.8 Å². The first kappa shape index (κ1) is 19.5. The Bertz CT molecular complexity index is 1130. The first-order valence-electron chi connectivity index (χ1n) is 8.98. The number of thiophene rings is 1. The second-order valence-electron chi connectivity index (χ2n) is 6.42. The third-order valence-electron chi connectivity index (χ3n) is 4.26. The lowest BCUT2D eigenvalue weighted by Crippen LogP contribution is -2.25. The third-order valence-corrected chi connectivity index (χ3v) is 5.36. The largest absolute Gasteiger partial charge is 0.484 e. The molecule has 1 aliphatic rings. The van der Waals surface area contributed by atoms with Gasteiger partial charge in [-0.2, -0.15) is 0 Å². The number of carbonyl (C=O) groups excluding carboxylic acids is 3. The number of nitrogens with two attached hydrogens (primary N) is 1. The Morgan fingerprint density at radius 2 is 1.97 bits per heavy atom. The first-order valence-corrected chi connectivity index (χ1v) is 9.79. The maximum Gasteiger partial charge on any atom is 0.262 e. The molecule has 9 heteroatoms. The van der Waals surface area contributed by atoms with E-state index in [0.29, 0.717) is 22.2 Å². The molecule has 0 spiro atoms. The molecule has 0 fully saturated rings. The van der Waals surface area contributed by atoms with Gasteiger partial charge < -0.3 is 25.8 Å². The zero-order chi connectivity index (χ0) is 21.1. The van der Waals surface area contributed by atoms with Gasteiger partial charge in [-0.05, 0) is 23.8 Å². The van der Waals surface area contributed by atoms with E-state index >= 15 is 0 Å². The number of hydrogen-bond donors (Lipinski definition) is 3. The van der Waals surface area contributed by atoms with Gasteiger partial charge in [0.15, 0.2) is 13.2 Å². The third kappa shape index (κ3) is 4.26. The van der Waals surface area contributed by atoms with Crippen molar-refractivity contribution < 1.29 is 23.9 Å². The highest BCUT2D eigenvalue weighted by atomic mass is 32.1. The maximum absolute atomic E-state index is 12.4. The minimum atomic E-state index is -0.630. The molecule has 0 bridgehead atoms. The van der Waals surface area contributed by atoms with Gasteiger partial charge in [0.2, 0.25) is 0 Å². The lowest BCUT2D eigenvalue weighted by atomic mass is 10.1. The van der Waals surface area contributed by atoms with Crippen molar-refractivity contribution in [1.29, 1.82) is 0 Å². The van der Waals surface area contributed by atoms with Crippen LogP contribution in [0.5, 0.6) is 11.5 Å². The molecular weight excluding hydrogens is 406 g/mol. The lowest BCUT2D eigenvalue weighted by Gasteiger charge is -2.18. The van der Waals surface area contributed by atoms with Crippen molar-refractivity contribution in [2.24, 2.45) is 5.73 Å². The number of carbonyl (C=O) groups is 3. The van der Waals surface area contributed by atoms with Crippen LogP contribution in [0, 0.1) is 0 Å². The number of anilines is 2. The summed E-state index contributed by atoms with van der Waals surface area (Å²) >= 11 is 1.26. The van der Waals surface area contributed by atoms with Gasteiger partial charge in [-0.1, -0.05) is 30.3 Å². The molecule has 3 amide bonds.